The third-order valence-corrected chi connectivity index (χ3v) is 5.01. The smallest absolute Gasteiger partial charge is 0.332 e. The molecular formula is C17H25N5O3. The number of aromatic nitrogens is 4. The van der Waals surface area contributed by atoms with Gasteiger partial charge >= 0.3 is 5.69 Å². The number of carbonyl (C=O) groups is 1. The van der Waals surface area contributed by atoms with Gasteiger partial charge in [-0.1, -0.05) is 13.8 Å². The van der Waals surface area contributed by atoms with Crippen molar-refractivity contribution in [2.75, 3.05) is 13.1 Å². The van der Waals surface area contributed by atoms with Gasteiger partial charge in [0, 0.05) is 40.2 Å². The number of piperidine rings is 1. The molecule has 0 aliphatic carbocycles. The Balaban J connectivity index is 1.81. The predicted molar refractivity (Wildman–Crippen MR) is 94.4 cm³/mol. The second-order valence-electron chi connectivity index (χ2n) is 7.31. The monoisotopic (exact) mass is 347 g/mol. The van der Waals surface area contributed by atoms with E-state index in [0.29, 0.717) is 36.0 Å². The first-order chi connectivity index (χ1) is 11.8. The average Bonchev–Trinajstić information content (AvgIpc) is 2.99. The van der Waals surface area contributed by atoms with Crippen molar-refractivity contribution >= 4 is 17.1 Å². The zero-order valence-corrected chi connectivity index (χ0v) is 15.2. The number of amides is 1. The summed E-state index contributed by atoms with van der Waals surface area (Å²) in [6.45, 7) is 6.31. The van der Waals surface area contributed by atoms with E-state index in [1.165, 1.54) is 17.9 Å². The topological polar surface area (TPSA) is 82.1 Å². The molecule has 1 aliphatic rings. The summed E-state index contributed by atoms with van der Waals surface area (Å²) in [5.74, 6) is 1.13. The van der Waals surface area contributed by atoms with E-state index in [0.717, 1.165) is 24.1 Å². The Morgan fingerprint density at radius 1 is 1.16 bits per heavy atom. The maximum atomic E-state index is 12.5. The maximum absolute atomic E-state index is 12.5. The number of hydrogen-bond acceptors (Lipinski definition) is 4. The number of nitrogens with zero attached hydrogens (tertiary/aromatic N) is 5. The minimum Gasteiger partial charge on any atom is -0.342 e. The minimum absolute atomic E-state index is 0.0990. The summed E-state index contributed by atoms with van der Waals surface area (Å²) in [4.78, 5) is 43.0. The number of fused-ring (bicyclic) bond motifs is 1. The van der Waals surface area contributed by atoms with Crippen molar-refractivity contribution in [1.82, 2.24) is 23.6 Å². The van der Waals surface area contributed by atoms with Crippen molar-refractivity contribution in [3.05, 3.63) is 27.2 Å². The van der Waals surface area contributed by atoms with Crippen LogP contribution >= 0.6 is 0 Å². The summed E-state index contributed by atoms with van der Waals surface area (Å²) in [6.07, 6.45) is 3.00. The number of rotatable bonds is 3. The second kappa shape index (κ2) is 6.50. The van der Waals surface area contributed by atoms with Gasteiger partial charge in [-0.25, -0.2) is 9.78 Å². The highest BCUT2D eigenvalue weighted by Gasteiger charge is 2.25. The third-order valence-electron chi connectivity index (χ3n) is 5.01. The number of likely N-dealkylation sites (tertiary alicyclic amines) is 1. The zero-order chi connectivity index (χ0) is 18.3. The highest BCUT2D eigenvalue weighted by Crippen LogP contribution is 2.21. The van der Waals surface area contributed by atoms with E-state index in [1.807, 2.05) is 4.90 Å². The first kappa shape index (κ1) is 17.4. The van der Waals surface area contributed by atoms with Crippen LogP contribution in [-0.4, -0.2) is 42.6 Å². The van der Waals surface area contributed by atoms with Crippen molar-refractivity contribution < 1.29 is 4.79 Å². The summed E-state index contributed by atoms with van der Waals surface area (Å²) in [6, 6.07) is 0. The van der Waals surface area contributed by atoms with E-state index in [9.17, 15) is 14.4 Å². The highest BCUT2D eigenvalue weighted by molar-refractivity contribution is 5.76. The van der Waals surface area contributed by atoms with E-state index in [1.54, 1.807) is 11.6 Å². The van der Waals surface area contributed by atoms with Gasteiger partial charge in [-0.15, -0.1) is 0 Å². The molecule has 0 N–H and O–H groups in total. The van der Waals surface area contributed by atoms with Gasteiger partial charge < -0.3 is 9.47 Å². The van der Waals surface area contributed by atoms with E-state index < -0.39 is 5.69 Å². The Labute approximate surface area is 145 Å². The third kappa shape index (κ3) is 3.12. The molecule has 2 atom stereocenters. The van der Waals surface area contributed by atoms with Crippen molar-refractivity contribution in [3.63, 3.8) is 0 Å². The van der Waals surface area contributed by atoms with Crippen LogP contribution in [0.2, 0.25) is 0 Å². The average molecular weight is 347 g/mol. The standard InChI is InChI=1S/C17H25N5O3/c1-11-7-12(2)9-22(8-11)13(23)5-6-21-10-18-15-14(21)16(24)20(4)17(25)19(15)3/h10-12H,5-9H2,1-4H3/t11-,12-/m1/s1. The fourth-order valence-electron chi connectivity index (χ4n) is 3.81. The summed E-state index contributed by atoms with van der Waals surface area (Å²) in [7, 11) is 3.03. The van der Waals surface area contributed by atoms with Gasteiger partial charge in [-0.05, 0) is 18.3 Å². The van der Waals surface area contributed by atoms with E-state index in [4.69, 9.17) is 0 Å². The van der Waals surface area contributed by atoms with Crippen LogP contribution in [0.3, 0.4) is 0 Å². The van der Waals surface area contributed by atoms with Crippen molar-refractivity contribution in [3.8, 4) is 0 Å². The molecule has 2 aromatic heterocycles. The highest BCUT2D eigenvalue weighted by atomic mass is 16.2. The molecule has 0 saturated carbocycles. The summed E-state index contributed by atoms with van der Waals surface area (Å²) < 4.78 is 4.09. The fraction of sp³-hybridized carbons (Fsp3) is 0.647. The van der Waals surface area contributed by atoms with Gasteiger partial charge in [0.25, 0.3) is 5.56 Å². The Morgan fingerprint density at radius 2 is 1.80 bits per heavy atom. The lowest BCUT2D eigenvalue weighted by Gasteiger charge is -2.35. The molecule has 0 aromatic carbocycles. The van der Waals surface area contributed by atoms with Gasteiger partial charge in [0.05, 0.1) is 6.33 Å². The maximum Gasteiger partial charge on any atom is 0.332 e. The lowest BCUT2D eigenvalue weighted by atomic mass is 9.92. The molecule has 0 spiro atoms. The predicted octanol–water partition coefficient (Wildman–Crippen LogP) is 0.328. The number of carbonyl (C=O) groups excluding carboxylic acids is 1. The molecule has 8 heteroatoms. The van der Waals surface area contributed by atoms with E-state index >= 15 is 0 Å². The molecule has 8 nitrogen and oxygen atoms in total. The zero-order valence-electron chi connectivity index (χ0n) is 15.2. The number of aryl methyl sites for hydroxylation is 2. The van der Waals surface area contributed by atoms with Crippen LogP contribution in [-0.2, 0) is 25.4 Å². The molecule has 25 heavy (non-hydrogen) atoms. The number of imidazole rings is 1. The van der Waals surface area contributed by atoms with Crippen LogP contribution in [0, 0.1) is 11.8 Å². The number of hydrogen-bond donors (Lipinski definition) is 0. The molecule has 0 bridgehead atoms. The molecule has 1 fully saturated rings. The van der Waals surface area contributed by atoms with Crippen LogP contribution in [0.5, 0.6) is 0 Å². The lowest BCUT2D eigenvalue weighted by molar-refractivity contribution is -0.134. The molecule has 3 rings (SSSR count). The van der Waals surface area contributed by atoms with Gasteiger partial charge in [-0.3, -0.25) is 18.7 Å². The van der Waals surface area contributed by atoms with Crippen LogP contribution in [0.25, 0.3) is 11.2 Å². The van der Waals surface area contributed by atoms with Gasteiger partial charge in [0.1, 0.15) is 0 Å². The van der Waals surface area contributed by atoms with E-state index in [2.05, 4.69) is 18.8 Å². The Kier molecular flexibility index (Phi) is 4.53. The Morgan fingerprint density at radius 3 is 2.44 bits per heavy atom. The normalized spacial score (nSPS) is 21.0. The molecule has 0 radical (unpaired) electrons. The molecule has 1 saturated heterocycles. The lowest BCUT2D eigenvalue weighted by Crippen LogP contribution is -2.42. The summed E-state index contributed by atoms with van der Waals surface area (Å²) in [5.41, 5.74) is -0.0862. The molecule has 136 valence electrons. The van der Waals surface area contributed by atoms with Gasteiger partial charge in [-0.2, -0.15) is 0 Å². The Hall–Kier alpha value is -2.38. The van der Waals surface area contributed by atoms with Crippen molar-refractivity contribution in [1.29, 1.82) is 0 Å². The SMILES string of the molecule is C[C@@H]1C[C@@H](C)CN(C(=O)CCn2cnc3c2c(=O)n(C)c(=O)n3C)C1. The molecule has 2 aromatic rings. The first-order valence-electron chi connectivity index (χ1n) is 8.68. The quantitative estimate of drug-likeness (QED) is 0.801. The largest absolute Gasteiger partial charge is 0.342 e. The molecule has 1 aliphatic heterocycles. The first-order valence-corrected chi connectivity index (χ1v) is 8.68. The van der Waals surface area contributed by atoms with Crippen LogP contribution in [0.1, 0.15) is 26.7 Å². The summed E-state index contributed by atoms with van der Waals surface area (Å²) in [5, 5.41) is 0. The molecule has 0 unspecified atom stereocenters. The van der Waals surface area contributed by atoms with Crippen molar-refractivity contribution in [2.24, 2.45) is 25.9 Å². The molecular weight excluding hydrogens is 322 g/mol. The molecule has 3 heterocycles. The molecule has 1 amide bonds. The minimum atomic E-state index is -0.407. The second-order valence-corrected chi connectivity index (χ2v) is 7.31. The Bertz CT molecular complexity index is 913. The summed E-state index contributed by atoms with van der Waals surface area (Å²) >= 11 is 0. The van der Waals surface area contributed by atoms with Gasteiger partial charge in [0.15, 0.2) is 11.2 Å². The van der Waals surface area contributed by atoms with Gasteiger partial charge in [0.2, 0.25) is 5.91 Å². The van der Waals surface area contributed by atoms with Crippen LogP contribution < -0.4 is 11.2 Å². The van der Waals surface area contributed by atoms with Crippen LogP contribution in [0.15, 0.2) is 15.9 Å². The van der Waals surface area contributed by atoms with Crippen molar-refractivity contribution in [2.45, 2.75) is 33.2 Å². The fourth-order valence-corrected chi connectivity index (χ4v) is 3.81. The van der Waals surface area contributed by atoms with E-state index in [-0.39, 0.29) is 11.5 Å². The van der Waals surface area contributed by atoms with Crippen LogP contribution in [0.4, 0.5) is 0 Å².